The van der Waals surface area contributed by atoms with Crippen LogP contribution < -0.4 is 5.32 Å². The van der Waals surface area contributed by atoms with Crippen molar-refractivity contribution >= 4 is 15.9 Å². The number of benzene rings is 1. The smallest absolute Gasteiger partial charge is 0.317 e. The van der Waals surface area contributed by atoms with Gasteiger partial charge in [0, 0.05) is 19.6 Å². The molecule has 1 aromatic rings. The number of amides is 2. The van der Waals surface area contributed by atoms with Gasteiger partial charge >= 0.3 is 6.03 Å². The fourth-order valence-electron chi connectivity index (χ4n) is 2.01. The third kappa shape index (κ3) is 5.52. The maximum Gasteiger partial charge on any atom is 0.317 e. The summed E-state index contributed by atoms with van der Waals surface area (Å²) in [5, 5.41) is 2.69. The minimum atomic E-state index is -3.42. The number of carbonyl (C=O) groups is 1. The first-order valence-corrected chi connectivity index (χ1v) is 8.72. The third-order valence-electron chi connectivity index (χ3n) is 3.07. The average molecular weight is 324 g/mol. The molecule has 1 N–H and O–H groups in total. The number of rotatable bonds is 6. The summed E-state index contributed by atoms with van der Waals surface area (Å²) in [4.78, 5) is 13.7. The van der Waals surface area contributed by atoms with E-state index < -0.39 is 15.9 Å². The Hall–Kier alpha value is -1.82. The lowest BCUT2D eigenvalue weighted by molar-refractivity contribution is 0.210. The molecule has 1 atom stereocenters. The topological polar surface area (TPSA) is 66.5 Å². The second kappa shape index (κ2) is 7.45. The van der Waals surface area contributed by atoms with Crippen LogP contribution in [0, 0.1) is 6.92 Å². The van der Waals surface area contributed by atoms with Gasteiger partial charge in [-0.1, -0.05) is 29.8 Å². The van der Waals surface area contributed by atoms with Crippen LogP contribution in [0.25, 0.3) is 0 Å². The Kier molecular flexibility index (Phi) is 6.17. The zero-order chi connectivity index (χ0) is 16.9. The van der Waals surface area contributed by atoms with Crippen molar-refractivity contribution in [3.05, 3.63) is 42.0 Å². The molecule has 0 unspecified atom stereocenters. The molecule has 2 amide bonds. The van der Waals surface area contributed by atoms with Crippen LogP contribution in [0.1, 0.15) is 19.4 Å². The van der Waals surface area contributed by atoms with E-state index in [1.54, 1.807) is 38.2 Å². The summed E-state index contributed by atoms with van der Waals surface area (Å²) in [7, 11) is -1.78. The number of aryl methyl sites for hydroxylation is 1. The summed E-state index contributed by atoms with van der Waals surface area (Å²) in [5.74, 6) is -0.136. The molecule has 0 aliphatic carbocycles. The Morgan fingerprint density at radius 2 is 1.86 bits per heavy atom. The van der Waals surface area contributed by atoms with E-state index in [-0.39, 0.29) is 16.7 Å². The summed E-state index contributed by atoms with van der Waals surface area (Å²) in [5.41, 5.74) is 1.86. The number of urea groups is 1. The van der Waals surface area contributed by atoms with Gasteiger partial charge in [-0.15, -0.1) is 0 Å². The van der Waals surface area contributed by atoms with Crippen molar-refractivity contribution in [3.63, 3.8) is 0 Å². The molecule has 0 aliphatic rings. The minimum Gasteiger partial charge on any atom is -0.334 e. The lowest BCUT2D eigenvalue weighted by Gasteiger charge is -2.21. The SMILES string of the molecule is C=C(C)CN(C)C(=O)N[C@H](C)CS(=O)(=O)c1ccc(C)cc1. The van der Waals surface area contributed by atoms with Crippen LogP contribution in [0.4, 0.5) is 4.79 Å². The van der Waals surface area contributed by atoms with Gasteiger partial charge in [0.15, 0.2) is 9.84 Å². The Bertz CT molecular complexity index is 636. The molecule has 0 aromatic heterocycles. The maximum absolute atomic E-state index is 12.3. The van der Waals surface area contributed by atoms with E-state index >= 15 is 0 Å². The predicted octanol–water partition coefficient (Wildman–Crippen LogP) is 2.37. The molecule has 22 heavy (non-hydrogen) atoms. The van der Waals surface area contributed by atoms with E-state index in [1.165, 1.54) is 4.90 Å². The number of nitrogens with zero attached hydrogens (tertiary/aromatic N) is 1. The van der Waals surface area contributed by atoms with Crippen LogP contribution >= 0.6 is 0 Å². The van der Waals surface area contributed by atoms with Gasteiger partial charge in [-0.2, -0.15) is 0 Å². The molecule has 0 fully saturated rings. The predicted molar refractivity (Wildman–Crippen MR) is 88.7 cm³/mol. The van der Waals surface area contributed by atoms with E-state index in [4.69, 9.17) is 0 Å². The maximum atomic E-state index is 12.3. The van der Waals surface area contributed by atoms with E-state index in [1.807, 2.05) is 13.8 Å². The van der Waals surface area contributed by atoms with Crippen molar-refractivity contribution in [1.82, 2.24) is 10.2 Å². The molecule has 0 radical (unpaired) electrons. The van der Waals surface area contributed by atoms with Crippen LogP contribution in [0.15, 0.2) is 41.3 Å². The van der Waals surface area contributed by atoms with Gasteiger partial charge in [0.05, 0.1) is 10.6 Å². The first-order chi connectivity index (χ1) is 10.1. The number of sulfone groups is 1. The first-order valence-electron chi connectivity index (χ1n) is 7.07. The molecule has 1 aromatic carbocycles. The van der Waals surface area contributed by atoms with Gasteiger partial charge < -0.3 is 10.2 Å². The van der Waals surface area contributed by atoms with Crippen molar-refractivity contribution in [1.29, 1.82) is 0 Å². The number of hydrogen-bond donors (Lipinski definition) is 1. The van der Waals surface area contributed by atoms with Crippen molar-refractivity contribution in [3.8, 4) is 0 Å². The molecular weight excluding hydrogens is 300 g/mol. The normalized spacial score (nSPS) is 12.5. The van der Waals surface area contributed by atoms with Crippen LogP contribution in [0.2, 0.25) is 0 Å². The summed E-state index contributed by atoms with van der Waals surface area (Å²) in [6.07, 6.45) is 0. The Morgan fingerprint density at radius 3 is 2.36 bits per heavy atom. The molecule has 1 rings (SSSR count). The van der Waals surface area contributed by atoms with Crippen LogP contribution in [0.5, 0.6) is 0 Å². The van der Waals surface area contributed by atoms with Crippen molar-refractivity contribution in [2.75, 3.05) is 19.3 Å². The standard InChI is InChI=1S/C16H24N2O3S/c1-12(2)10-18(5)16(19)17-14(4)11-22(20,21)15-8-6-13(3)7-9-15/h6-9,14H,1,10-11H2,2-5H3,(H,17,19)/t14-/m1/s1. The second-order valence-electron chi connectivity index (χ2n) is 5.76. The molecule has 122 valence electrons. The van der Waals surface area contributed by atoms with Gasteiger partial charge in [-0.05, 0) is 32.9 Å². The van der Waals surface area contributed by atoms with E-state index in [0.717, 1.165) is 11.1 Å². The highest BCUT2D eigenvalue weighted by molar-refractivity contribution is 7.91. The molecule has 0 aliphatic heterocycles. The number of carbonyl (C=O) groups excluding carboxylic acids is 1. The Morgan fingerprint density at radius 1 is 1.32 bits per heavy atom. The van der Waals surface area contributed by atoms with Gasteiger partial charge in [0.2, 0.25) is 0 Å². The third-order valence-corrected chi connectivity index (χ3v) is 5.00. The van der Waals surface area contributed by atoms with Crippen LogP contribution in [0.3, 0.4) is 0 Å². The van der Waals surface area contributed by atoms with Gasteiger partial charge in [0.1, 0.15) is 0 Å². The summed E-state index contributed by atoms with van der Waals surface area (Å²) in [6.45, 7) is 9.59. The highest BCUT2D eigenvalue weighted by Gasteiger charge is 2.20. The molecule has 6 heteroatoms. The lowest BCUT2D eigenvalue weighted by atomic mass is 10.2. The summed E-state index contributed by atoms with van der Waals surface area (Å²) >= 11 is 0. The summed E-state index contributed by atoms with van der Waals surface area (Å²) < 4.78 is 24.6. The van der Waals surface area contributed by atoms with Crippen LogP contribution in [-0.2, 0) is 9.84 Å². The Labute approximate surface area is 132 Å². The van der Waals surface area contributed by atoms with Crippen molar-refractivity contribution in [2.24, 2.45) is 0 Å². The average Bonchev–Trinajstić information content (AvgIpc) is 2.37. The first kappa shape index (κ1) is 18.2. The number of hydrogen-bond acceptors (Lipinski definition) is 3. The zero-order valence-electron chi connectivity index (χ0n) is 13.6. The quantitative estimate of drug-likeness (QED) is 0.817. The molecule has 5 nitrogen and oxygen atoms in total. The fraction of sp³-hybridized carbons (Fsp3) is 0.438. The van der Waals surface area contributed by atoms with Gasteiger partial charge in [-0.25, -0.2) is 13.2 Å². The van der Waals surface area contributed by atoms with Gasteiger partial charge in [0.25, 0.3) is 0 Å². The van der Waals surface area contributed by atoms with Crippen molar-refractivity contribution in [2.45, 2.75) is 31.7 Å². The fourth-order valence-corrected chi connectivity index (χ4v) is 3.50. The molecule has 0 bridgehead atoms. The molecule has 0 saturated heterocycles. The van der Waals surface area contributed by atoms with E-state index in [2.05, 4.69) is 11.9 Å². The van der Waals surface area contributed by atoms with Crippen molar-refractivity contribution < 1.29 is 13.2 Å². The molecule has 0 heterocycles. The van der Waals surface area contributed by atoms with Gasteiger partial charge in [-0.3, -0.25) is 0 Å². The largest absolute Gasteiger partial charge is 0.334 e. The highest BCUT2D eigenvalue weighted by Crippen LogP contribution is 2.13. The number of nitrogens with one attached hydrogen (secondary N) is 1. The highest BCUT2D eigenvalue weighted by atomic mass is 32.2. The molecular formula is C16H24N2O3S. The minimum absolute atomic E-state index is 0.136. The summed E-state index contributed by atoms with van der Waals surface area (Å²) in [6, 6.07) is 5.91. The monoisotopic (exact) mass is 324 g/mol. The van der Waals surface area contributed by atoms with E-state index in [0.29, 0.717) is 6.54 Å². The molecule has 0 saturated carbocycles. The lowest BCUT2D eigenvalue weighted by Crippen LogP contribution is -2.44. The number of likely N-dealkylation sites (N-methyl/N-ethyl adjacent to an activating group) is 1. The second-order valence-corrected chi connectivity index (χ2v) is 7.79. The Balaban J connectivity index is 2.67. The molecule has 0 spiro atoms. The van der Waals surface area contributed by atoms with E-state index in [9.17, 15) is 13.2 Å². The van der Waals surface area contributed by atoms with Crippen LogP contribution in [-0.4, -0.2) is 44.7 Å². The zero-order valence-corrected chi connectivity index (χ0v) is 14.4.